The van der Waals surface area contributed by atoms with E-state index in [9.17, 15) is 0 Å². The molecule has 0 aromatic heterocycles. The van der Waals surface area contributed by atoms with Crippen molar-refractivity contribution < 1.29 is 0 Å². The van der Waals surface area contributed by atoms with Crippen LogP contribution in [0, 0.1) is 0 Å². The van der Waals surface area contributed by atoms with Crippen molar-refractivity contribution in [2.24, 2.45) is 0 Å². The van der Waals surface area contributed by atoms with E-state index in [0.29, 0.717) is 11.8 Å². The van der Waals surface area contributed by atoms with Crippen LogP contribution >= 0.6 is 35.8 Å². The van der Waals surface area contributed by atoms with Gasteiger partial charge < -0.3 is 0 Å². The van der Waals surface area contributed by atoms with Gasteiger partial charge in [-0.3, -0.25) is 0 Å². The van der Waals surface area contributed by atoms with Gasteiger partial charge in [0.15, 0.2) is 0 Å². The minimum atomic E-state index is 0.0494. The molecular weight excluding hydrogens is 139 g/mol. The maximum absolute atomic E-state index is 5.26. The van der Waals surface area contributed by atoms with Crippen LogP contribution in [0.3, 0.4) is 0 Å². The minimum Gasteiger partial charge on any atom is -0.125 e. The predicted molar refractivity (Wildman–Crippen MR) is 32.8 cm³/mol. The van der Waals surface area contributed by atoms with Gasteiger partial charge in [-0.1, -0.05) is 12.6 Å². The SMILES string of the molecule is [S]C(CCl)CCl. The summed E-state index contributed by atoms with van der Waals surface area (Å²) in [7, 11) is 0. The number of hydrogen-bond donors (Lipinski definition) is 0. The molecular formula is C3H5Cl2S. The van der Waals surface area contributed by atoms with Gasteiger partial charge in [-0.05, 0) is 0 Å². The minimum absolute atomic E-state index is 0.0494. The average molecular weight is 144 g/mol. The predicted octanol–water partition coefficient (Wildman–Crippen LogP) is 2.03. The van der Waals surface area contributed by atoms with E-state index in [2.05, 4.69) is 12.6 Å². The Bertz CT molecular complexity index is 28.0. The topological polar surface area (TPSA) is 0 Å². The van der Waals surface area contributed by atoms with Crippen molar-refractivity contribution in [1.29, 1.82) is 0 Å². The lowest BCUT2D eigenvalue weighted by molar-refractivity contribution is 1.14. The molecule has 0 aliphatic rings. The first-order valence-electron chi connectivity index (χ1n) is 1.59. The molecule has 0 bridgehead atoms. The zero-order chi connectivity index (χ0) is 4.99. The molecule has 0 aromatic carbocycles. The molecule has 1 radical (unpaired) electrons. The molecule has 0 amide bonds. The summed E-state index contributed by atoms with van der Waals surface area (Å²) in [6.07, 6.45) is 0. The zero-order valence-electron chi connectivity index (χ0n) is 3.16. The van der Waals surface area contributed by atoms with Crippen molar-refractivity contribution >= 4 is 35.8 Å². The third kappa shape index (κ3) is 3.13. The van der Waals surface area contributed by atoms with Crippen molar-refractivity contribution in [3.63, 3.8) is 0 Å². The number of alkyl halides is 2. The monoisotopic (exact) mass is 143 g/mol. The normalized spacial score (nSPS) is 10.0. The molecule has 0 nitrogen and oxygen atoms in total. The van der Waals surface area contributed by atoms with E-state index >= 15 is 0 Å². The van der Waals surface area contributed by atoms with Gasteiger partial charge in [-0.15, -0.1) is 23.2 Å². The highest BCUT2D eigenvalue weighted by atomic mass is 35.5. The van der Waals surface area contributed by atoms with E-state index in [0.717, 1.165) is 0 Å². The van der Waals surface area contributed by atoms with Crippen LogP contribution in [-0.2, 0) is 0 Å². The first kappa shape index (κ1) is 6.93. The fourth-order valence-electron chi connectivity index (χ4n) is 0.0412. The molecule has 0 heterocycles. The average Bonchev–Trinajstić information content (AvgIpc) is 1.65. The summed E-state index contributed by atoms with van der Waals surface area (Å²) in [5.74, 6) is 0.970. The van der Waals surface area contributed by atoms with Crippen LogP contribution in [0.4, 0.5) is 0 Å². The molecule has 6 heavy (non-hydrogen) atoms. The van der Waals surface area contributed by atoms with Crippen LogP contribution in [0.25, 0.3) is 0 Å². The Morgan fingerprint density at radius 2 is 1.67 bits per heavy atom. The molecule has 0 atom stereocenters. The second kappa shape index (κ2) is 4.10. The van der Waals surface area contributed by atoms with E-state index in [1.54, 1.807) is 0 Å². The van der Waals surface area contributed by atoms with Gasteiger partial charge in [-0.2, -0.15) is 0 Å². The lowest BCUT2D eigenvalue weighted by Gasteiger charge is -1.92. The van der Waals surface area contributed by atoms with Gasteiger partial charge in [0.25, 0.3) is 0 Å². The van der Waals surface area contributed by atoms with Gasteiger partial charge >= 0.3 is 0 Å². The van der Waals surface area contributed by atoms with Crippen molar-refractivity contribution in [3.05, 3.63) is 0 Å². The standard InChI is InChI=1S/C3H5Cl2S/c4-1-3(6)2-5/h3H,1-2H2. The Morgan fingerprint density at radius 3 is 1.67 bits per heavy atom. The van der Waals surface area contributed by atoms with Gasteiger partial charge in [0, 0.05) is 17.0 Å². The quantitative estimate of drug-likeness (QED) is 0.520. The first-order valence-corrected chi connectivity index (χ1v) is 3.13. The number of hydrogen-bond acceptors (Lipinski definition) is 0. The Labute approximate surface area is 53.2 Å². The highest BCUT2D eigenvalue weighted by Crippen LogP contribution is 1.98. The molecule has 0 saturated heterocycles. The van der Waals surface area contributed by atoms with Gasteiger partial charge in [0.1, 0.15) is 0 Å². The molecule has 0 aromatic rings. The van der Waals surface area contributed by atoms with E-state index in [4.69, 9.17) is 23.2 Å². The van der Waals surface area contributed by atoms with Crippen molar-refractivity contribution in [2.75, 3.05) is 11.8 Å². The van der Waals surface area contributed by atoms with E-state index in [1.165, 1.54) is 0 Å². The van der Waals surface area contributed by atoms with E-state index in [1.807, 2.05) is 0 Å². The molecule has 0 N–H and O–H groups in total. The third-order valence-corrected chi connectivity index (χ3v) is 1.79. The highest BCUT2D eigenvalue weighted by molar-refractivity contribution is 7.81. The first-order chi connectivity index (χ1) is 2.81. The molecule has 0 rings (SSSR count). The van der Waals surface area contributed by atoms with Crippen molar-refractivity contribution in [3.8, 4) is 0 Å². The summed E-state index contributed by atoms with van der Waals surface area (Å²) in [5, 5.41) is 0.0494. The summed E-state index contributed by atoms with van der Waals surface area (Å²) in [6, 6.07) is 0. The summed E-state index contributed by atoms with van der Waals surface area (Å²) in [6.45, 7) is 0. The fraction of sp³-hybridized carbons (Fsp3) is 1.00. The molecule has 0 spiro atoms. The summed E-state index contributed by atoms with van der Waals surface area (Å²) >= 11 is 15.2. The number of rotatable bonds is 2. The van der Waals surface area contributed by atoms with Crippen molar-refractivity contribution in [2.45, 2.75) is 5.25 Å². The second-order valence-electron chi connectivity index (χ2n) is 0.931. The summed E-state index contributed by atoms with van der Waals surface area (Å²) in [5.41, 5.74) is 0. The van der Waals surface area contributed by atoms with E-state index in [-0.39, 0.29) is 5.25 Å². The Morgan fingerprint density at radius 1 is 1.33 bits per heavy atom. The molecule has 3 heteroatoms. The molecule has 37 valence electrons. The van der Waals surface area contributed by atoms with Crippen LogP contribution in [-0.4, -0.2) is 17.0 Å². The molecule has 0 unspecified atom stereocenters. The smallest absolute Gasteiger partial charge is 0.0422 e. The third-order valence-electron chi connectivity index (χ3n) is 0.344. The highest BCUT2D eigenvalue weighted by Gasteiger charge is 1.94. The molecule has 0 fully saturated rings. The largest absolute Gasteiger partial charge is 0.125 e. The van der Waals surface area contributed by atoms with Crippen LogP contribution in [0.5, 0.6) is 0 Å². The van der Waals surface area contributed by atoms with Crippen LogP contribution in [0.15, 0.2) is 0 Å². The fourth-order valence-corrected chi connectivity index (χ4v) is 0.371. The summed E-state index contributed by atoms with van der Waals surface area (Å²) < 4.78 is 0. The lowest BCUT2D eigenvalue weighted by Crippen LogP contribution is -1.99. The zero-order valence-corrected chi connectivity index (χ0v) is 5.48. The van der Waals surface area contributed by atoms with Crippen LogP contribution < -0.4 is 0 Å². The molecule has 0 aliphatic heterocycles. The number of halogens is 2. The summed E-state index contributed by atoms with van der Waals surface area (Å²) in [4.78, 5) is 0. The lowest BCUT2D eigenvalue weighted by atomic mass is 10.6. The van der Waals surface area contributed by atoms with Crippen LogP contribution in [0.1, 0.15) is 0 Å². The molecule has 0 saturated carbocycles. The second-order valence-corrected chi connectivity index (χ2v) is 2.21. The Kier molecular flexibility index (Phi) is 4.73. The Hall–Kier alpha value is 0.930. The van der Waals surface area contributed by atoms with Gasteiger partial charge in [-0.25, -0.2) is 0 Å². The maximum Gasteiger partial charge on any atom is 0.0422 e. The van der Waals surface area contributed by atoms with Gasteiger partial charge in [0.2, 0.25) is 0 Å². The van der Waals surface area contributed by atoms with E-state index < -0.39 is 0 Å². The maximum atomic E-state index is 5.26. The van der Waals surface area contributed by atoms with Gasteiger partial charge in [0.05, 0.1) is 0 Å². The molecule has 0 aliphatic carbocycles. The van der Waals surface area contributed by atoms with Crippen molar-refractivity contribution in [1.82, 2.24) is 0 Å². The Balaban J connectivity index is 2.75. The van der Waals surface area contributed by atoms with Crippen LogP contribution in [0.2, 0.25) is 0 Å².